The predicted molar refractivity (Wildman–Crippen MR) is 59.9 cm³/mol. The molecule has 0 spiro atoms. The Hall–Kier alpha value is -0.610. The molecule has 4 heteroatoms. The maximum atomic E-state index is 10.9. The number of carboxylic acid groups (broad SMARTS) is 1. The first-order valence-corrected chi connectivity index (χ1v) is 5.58. The summed E-state index contributed by atoms with van der Waals surface area (Å²) in [6.45, 7) is 6.09. The number of carbonyl (C=O) groups is 1. The first-order valence-electron chi connectivity index (χ1n) is 5.58. The number of nitrogens with one attached hydrogen (secondary N) is 1. The molecule has 0 saturated carbocycles. The summed E-state index contributed by atoms with van der Waals surface area (Å²) < 4.78 is 0. The zero-order valence-electron chi connectivity index (χ0n) is 9.92. The topological polar surface area (TPSA) is 52.6 Å². The maximum Gasteiger partial charge on any atom is 0.310 e. The third kappa shape index (κ3) is 3.47. The van der Waals surface area contributed by atoms with Crippen molar-refractivity contribution >= 4 is 5.97 Å². The lowest BCUT2D eigenvalue weighted by Gasteiger charge is -2.24. The number of hydrogen-bond acceptors (Lipinski definition) is 3. The number of hydrogen-bond donors (Lipinski definition) is 2. The van der Waals surface area contributed by atoms with E-state index in [1.165, 1.54) is 12.8 Å². The van der Waals surface area contributed by atoms with Crippen LogP contribution in [0.15, 0.2) is 0 Å². The van der Waals surface area contributed by atoms with E-state index in [0.717, 1.165) is 13.1 Å². The molecule has 1 atom stereocenters. The molecule has 0 aliphatic carbocycles. The number of likely N-dealkylation sites (N-methyl/N-ethyl adjacent to an activating group) is 1. The Balaban J connectivity index is 2.24. The normalized spacial score (nSPS) is 23.3. The molecule has 1 fully saturated rings. The average molecular weight is 214 g/mol. The molecule has 0 aromatic heterocycles. The standard InChI is InChI=1S/C11H22N2O2/c1-11(2,10(14)15)8-12-7-9-5-4-6-13(9)3/h9,12H,4-8H2,1-3H3,(H,14,15). The third-order valence-electron chi connectivity index (χ3n) is 3.20. The van der Waals surface area contributed by atoms with E-state index in [0.29, 0.717) is 12.6 Å². The van der Waals surface area contributed by atoms with Crippen molar-refractivity contribution in [1.82, 2.24) is 10.2 Å². The third-order valence-corrected chi connectivity index (χ3v) is 3.20. The Morgan fingerprint density at radius 3 is 2.73 bits per heavy atom. The van der Waals surface area contributed by atoms with Gasteiger partial charge in [0, 0.05) is 19.1 Å². The van der Waals surface area contributed by atoms with Crippen LogP contribution >= 0.6 is 0 Å². The number of aliphatic carboxylic acids is 1. The molecule has 1 aliphatic rings. The van der Waals surface area contributed by atoms with Gasteiger partial charge in [-0.15, -0.1) is 0 Å². The van der Waals surface area contributed by atoms with Crippen molar-refractivity contribution in [3.63, 3.8) is 0 Å². The van der Waals surface area contributed by atoms with Crippen molar-refractivity contribution in [2.75, 3.05) is 26.7 Å². The van der Waals surface area contributed by atoms with E-state index in [-0.39, 0.29) is 0 Å². The second kappa shape index (κ2) is 4.94. The Bertz CT molecular complexity index is 229. The lowest BCUT2D eigenvalue weighted by Crippen LogP contribution is -2.41. The molecular weight excluding hydrogens is 192 g/mol. The first-order chi connectivity index (χ1) is 6.93. The molecule has 0 aromatic carbocycles. The minimum atomic E-state index is -0.741. The summed E-state index contributed by atoms with van der Waals surface area (Å²) in [4.78, 5) is 13.2. The molecule has 0 amide bonds. The van der Waals surface area contributed by atoms with Gasteiger partial charge in [0.2, 0.25) is 0 Å². The van der Waals surface area contributed by atoms with E-state index < -0.39 is 11.4 Å². The Labute approximate surface area is 91.6 Å². The highest BCUT2D eigenvalue weighted by atomic mass is 16.4. The van der Waals surface area contributed by atoms with Crippen LogP contribution in [0, 0.1) is 5.41 Å². The second-order valence-electron chi connectivity index (χ2n) is 5.10. The monoisotopic (exact) mass is 214 g/mol. The van der Waals surface area contributed by atoms with Gasteiger partial charge < -0.3 is 15.3 Å². The Morgan fingerprint density at radius 1 is 1.60 bits per heavy atom. The predicted octanol–water partition coefficient (Wildman–Crippen LogP) is 0.781. The van der Waals surface area contributed by atoms with Crippen molar-refractivity contribution in [1.29, 1.82) is 0 Å². The number of nitrogens with zero attached hydrogens (tertiary/aromatic N) is 1. The molecule has 0 radical (unpaired) electrons. The number of carboxylic acids is 1. The van der Waals surface area contributed by atoms with Gasteiger partial charge in [0.25, 0.3) is 0 Å². The van der Waals surface area contributed by atoms with Crippen LogP contribution in [0.2, 0.25) is 0 Å². The van der Waals surface area contributed by atoms with Gasteiger partial charge in [-0.2, -0.15) is 0 Å². The summed E-state index contributed by atoms with van der Waals surface area (Å²) in [5.41, 5.74) is -0.669. The molecule has 1 aliphatic heterocycles. The summed E-state index contributed by atoms with van der Waals surface area (Å²) in [6.07, 6.45) is 2.47. The van der Waals surface area contributed by atoms with E-state index in [1.807, 2.05) is 0 Å². The fourth-order valence-electron chi connectivity index (χ4n) is 1.86. The highest BCUT2D eigenvalue weighted by Gasteiger charge is 2.27. The minimum absolute atomic E-state index is 0.534. The highest BCUT2D eigenvalue weighted by Crippen LogP contribution is 2.16. The first kappa shape index (κ1) is 12.5. The van der Waals surface area contributed by atoms with Gasteiger partial charge in [-0.05, 0) is 40.3 Å². The fourth-order valence-corrected chi connectivity index (χ4v) is 1.86. The van der Waals surface area contributed by atoms with Crippen LogP contribution < -0.4 is 5.32 Å². The van der Waals surface area contributed by atoms with Crippen molar-refractivity contribution in [3.05, 3.63) is 0 Å². The van der Waals surface area contributed by atoms with Crippen LogP contribution in [-0.4, -0.2) is 48.7 Å². The van der Waals surface area contributed by atoms with Crippen LogP contribution in [0.5, 0.6) is 0 Å². The average Bonchev–Trinajstić information content (AvgIpc) is 2.51. The zero-order chi connectivity index (χ0) is 11.5. The molecular formula is C11H22N2O2. The molecule has 1 saturated heterocycles. The summed E-state index contributed by atoms with van der Waals surface area (Å²) in [5.74, 6) is -0.741. The summed E-state index contributed by atoms with van der Waals surface area (Å²) in [7, 11) is 2.13. The fraction of sp³-hybridized carbons (Fsp3) is 0.909. The molecule has 0 bridgehead atoms. The van der Waals surface area contributed by atoms with Crippen LogP contribution in [0.1, 0.15) is 26.7 Å². The van der Waals surface area contributed by atoms with Crippen LogP contribution in [0.4, 0.5) is 0 Å². The van der Waals surface area contributed by atoms with Gasteiger partial charge in [0.15, 0.2) is 0 Å². The highest BCUT2D eigenvalue weighted by molar-refractivity contribution is 5.73. The van der Waals surface area contributed by atoms with Gasteiger partial charge in [0.05, 0.1) is 5.41 Å². The van der Waals surface area contributed by atoms with Crippen molar-refractivity contribution in [2.45, 2.75) is 32.7 Å². The van der Waals surface area contributed by atoms with E-state index >= 15 is 0 Å². The summed E-state index contributed by atoms with van der Waals surface area (Å²) in [5, 5.41) is 12.2. The van der Waals surface area contributed by atoms with Crippen molar-refractivity contribution in [2.24, 2.45) is 5.41 Å². The van der Waals surface area contributed by atoms with Gasteiger partial charge in [-0.25, -0.2) is 0 Å². The van der Waals surface area contributed by atoms with E-state index in [2.05, 4.69) is 17.3 Å². The minimum Gasteiger partial charge on any atom is -0.481 e. The quantitative estimate of drug-likeness (QED) is 0.710. The smallest absolute Gasteiger partial charge is 0.310 e. The molecule has 88 valence electrons. The molecule has 1 unspecified atom stereocenters. The number of likely N-dealkylation sites (tertiary alicyclic amines) is 1. The van der Waals surface area contributed by atoms with E-state index in [1.54, 1.807) is 13.8 Å². The second-order valence-corrected chi connectivity index (χ2v) is 5.10. The van der Waals surface area contributed by atoms with Crippen LogP contribution in [0.25, 0.3) is 0 Å². The summed E-state index contributed by atoms with van der Waals surface area (Å²) in [6, 6.07) is 0.578. The van der Waals surface area contributed by atoms with E-state index in [9.17, 15) is 4.79 Å². The number of rotatable bonds is 5. The zero-order valence-corrected chi connectivity index (χ0v) is 9.92. The summed E-state index contributed by atoms with van der Waals surface area (Å²) >= 11 is 0. The van der Waals surface area contributed by atoms with Gasteiger partial charge in [0.1, 0.15) is 0 Å². The maximum absolute atomic E-state index is 10.9. The Kier molecular flexibility index (Phi) is 4.11. The molecule has 1 rings (SSSR count). The van der Waals surface area contributed by atoms with Crippen LogP contribution in [-0.2, 0) is 4.79 Å². The SMILES string of the molecule is CN1CCCC1CNCC(C)(C)C(=O)O. The van der Waals surface area contributed by atoms with Gasteiger partial charge in [-0.3, -0.25) is 4.79 Å². The van der Waals surface area contributed by atoms with Gasteiger partial charge >= 0.3 is 5.97 Å². The van der Waals surface area contributed by atoms with Crippen molar-refractivity contribution in [3.8, 4) is 0 Å². The molecule has 1 heterocycles. The lowest BCUT2D eigenvalue weighted by molar-refractivity contribution is -0.146. The largest absolute Gasteiger partial charge is 0.481 e. The van der Waals surface area contributed by atoms with Gasteiger partial charge in [-0.1, -0.05) is 0 Å². The lowest BCUT2D eigenvalue weighted by atomic mass is 9.94. The van der Waals surface area contributed by atoms with E-state index in [4.69, 9.17) is 5.11 Å². The van der Waals surface area contributed by atoms with Crippen molar-refractivity contribution < 1.29 is 9.90 Å². The molecule has 0 aromatic rings. The van der Waals surface area contributed by atoms with Crippen LogP contribution in [0.3, 0.4) is 0 Å². The molecule has 4 nitrogen and oxygen atoms in total. The molecule has 2 N–H and O–H groups in total. The molecule has 15 heavy (non-hydrogen) atoms. The Morgan fingerprint density at radius 2 is 2.27 bits per heavy atom.